The molecule has 0 heterocycles. The number of carbonyl (C=O) groups is 2. The summed E-state index contributed by atoms with van der Waals surface area (Å²) in [4.78, 5) is 25.3. The van der Waals surface area contributed by atoms with Crippen molar-refractivity contribution >= 4 is 52.1 Å². The monoisotopic (exact) mass is 587 g/mol. The molecule has 1 amide bonds. The number of carboxylic acid groups (broad SMARTS) is 1. The Morgan fingerprint density at radius 1 is 0.971 bits per heavy atom. The molecule has 0 unspecified atom stereocenters. The van der Waals surface area contributed by atoms with Gasteiger partial charge in [-0.3, -0.25) is 4.79 Å². The zero-order valence-corrected chi connectivity index (χ0v) is 21.2. The maximum atomic E-state index is 13.4. The lowest BCUT2D eigenvalue weighted by molar-refractivity contribution is -0.135. The zero-order chi connectivity index (χ0) is 24.1. The van der Waals surface area contributed by atoms with Gasteiger partial charge >= 0.3 is 5.97 Å². The molecule has 174 valence electrons. The SMILES string of the molecule is O=C(O)/C(=C\c1ccc(Oc2ccccc2I)cc1)NC(=O)C1(c2ccc(Cl)cc2)CCCC1. The lowest BCUT2D eigenvalue weighted by atomic mass is 9.78. The van der Waals surface area contributed by atoms with Crippen LogP contribution in [0.3, 0.4) is 0 Å². The summed E-state index contributed by atoms with van der Waals surface area (Å²) in [6.07, 6.45) is 4.60. The fourth-order valence-corrected chi connectivity index (χ4v) is 4.86. The summed E-state index contributed by atoms with van der Waals surface area (Å²) in [7, 11) is 0. The van der Waals surface area contributed by atoms with Gasteiger partial charge in [0.15, 0.2) is 0 Å². The Labute approximate surface area is 216 Å². The van der Waals surface area contributed by atoms with E-state index in [1.807, 2.05) is 36.4 Å². The van der Waals surface area contributed by atoms with Crippen LogP contribution in [-0.4, -0.2) is 17.0 Å². The minimum Gasteiger partial charge on any atom is -0.477 e. The molecule has 0 saturated heterocycles. The molecule has 34 heavy (non-hydrogen) atoms. The number of para-hydroxylation sites is 1. The van der Waals surface area contributed by atoms with Crippen molar-refractivity contribution in [3.63, 3.8) is 0 Å². The Bertz CT molecular complexity index is 1220. The average Bonchev–Trinajstić information content (AvgIpc) is 3.33. The third-order valence-corrected chi connectivity index (χ3v) is 7.17. The predicted molar refractivity (Wildman–Crippen MR) is 141 cm³/mol. The van der Waals surface area contributed by atoms with Crippen molar-refractivity contribution in [3.05, 3.63) is 98.2 Å². The number of hydrogen-bond acceptors (Lipinski definition) is 3. The van der Waals surface area contributed by atoms with Crippen LogP contribution in [0, 0.1) is 3.57 Å². The second-order valence-electron chi connectivity index (χ2n) is 8.21. The highest BCUT2D eigenvalue weighted by molar-refractivity contribution is 14.1. The van der Waals surface area contributed by atoms with Crippen LogP contribution in [0.2, 0.25) is 5.02 Å². The van der Waals surface area contributed by atoms with Crippen LogP contribution in [0.5, 0.6) is 11.5 Å². The first-order valence-electron chi connectivity index (χ1n) is 10.9. The van der Waals surface area contributed by atoms with E-state index in [1.54, 1.807) is 36.4 Å². The highest BCUT2D eigenvalue weighted by Gasteiger charge is 2.43. The quantitative estimate of drug-likeness (QED) is 0.236. The second-order valence-corrected chi connectivity index (χ2v) is 9.81. The van der Waals surface area contributed by atoms with E-state index in [0.29, 0.717) is 29.2 Å². The maximum absolute atomic E-state index is 13.4. The Hall–Kier alpha value is -2.84. The molecule has 1 aliphatic carbocycles. The second kappa shape index (κ2) is 10.6. The number of amides is 1. The number of benzene rings is 3. The van der Waals surface area contributed by atoms with Crippen LogP contribution in [-0.2, 0) is 15.0 Å². The molecule has 1 aliphatic rings. The summed E-state index contributed by atoms with van der Waals surface area (Å²) >= 11 is 8.23. The highest BCUT2D eigenvalue weighted by Crippen LogP contribution is 2.42. The van der Waals surface area contributed by atoms with Gasteiger partial charge in [-0.05, 0) is 89.0 Å². The van der Waals surface area contributed by atoms with E-state index < -0.39 is 11.4 Å². The lowest BCUT2D eigenvalue weighted by Gasteiger charge is -2.28. The number of aliphatic carboxylic acids is 1. The molecule has 0 atom stereocenters. The fraction of sp³-hybridized carbons (Fsp3) is 0.185. The van der Waals surface area contributed by atoms with E-state index >= 15 is 0 Å². The van der Waals surface area contributed by atoms with Gasteiger partial charge in [0.25, 0.3) is 0 Å². The first-order chi connectivity index (χ1) is 16.4. The van der Waals surface area contributed by atoms with Gasteiger partial charge in [0.1, 0.15) is 17.2 Å². The molecule has 3 aromatic rings. The largest absolute Gasteiger partial charge is 0.477 e. The summed E-state index contributed by atoms with van der Waals surface area (Å²) in [5.74, 6) is -0.125. The summed E-state index contributed by atoms with van der Waals surface area (Å²) < 4.78 is 6.88. The van der Waals surface area contributed by atoms with Crippen LogP contribution >= 0.6 is 34.2 Å². The zero-order valence-electron chi connectivity index (χ0n) is 18.3. The van der Waals surface area contributed by atoms with Crippen molar-refractivity contribution < 1.29 is 19.4 Å². The number of carboxylic acids is 1. The van der Waals surface area contributed by atoms with Gasteiger partial charge in [0.05, 0.1) is 8.99 Å². The van der Waals surface area contributed by atoms with Crippen LogP contribution < -0.4 is 10.1 Å². The number of ether oxygens (including phenoxy) is 1. The fourth-order valence-electron chi connectivity index (χ4n) is 4.24. The Morgan fingerprint density at radius 2 is 1.62 bits per heavy atom. The van der Waals surface area contributed by atoms with E-state index in [1.165, 1.54) is 6.08 Å². The molecule has 5 nitrogen and oxygen atoms in total. The van der Waals surface area contributed by atoms with Gasteiger partial charge < -0.3 is 15.2 Å². The molecule has 0 radical (unpaired) electrons. The van der Waals surface area contributed by atoms with Crippen LogP contribution in [0.1, 0.15) is 36.8 Å². The normalized spacial score (nSPS) is 15.1. The van der Waals surface area contributed by atoms with Gasteiger partial charge in [-0.1, -0.05) is 60.8 Å². The number of hydrogen-bond donors (Lipinski definition) is 2. The average molecular weight is 588 g/mol. The van der Waals surface area contributed by atoms with Gasteiger partial charge in [0, 0.05) is 5.02 Å². The van der Waals surface area contributed by atoms with E-state index in [9.17, 15) is 14.7 Å². The van der Waals surface area contributed by atoms with Gasteiger partial charge in [-0.25, -0.2) is 4.79 Å². The van der Waals surface area contributed by atoms with E-state index in [0.717, 1.165) is 27.7 Å². The molecule has 0 aromatic heterocycles. The van der Waals surface area contributed by atoms with Crippen molar-refractivity contribution in [3.8, 4) is 11.5 Å². The van der Waals surface area contributed by atoms with E-state index in [2.05, 4.69) is 27.9 Å². The third kappa shape index (κ3) is 5.45. The summed E-state index contributed by atoms with van der Waals surface area (Å²) in [6, 6.07) is 21.9. The topological polar surface area (TPSA) is 75.6 Å². The molecule has 1 saturated carbocycles. The summed E-state index contributed by atoms with van der Waals surface area (Å²) in [5, 5.41) is 13.0. The number of nitrogens with one attached hydrogen (secondary N) is 1. The number of halogens is 2. The molecule has 0 aliphatic heterocycles. The van der Waals surface area contributed by atoms with Crippen molar-refractivity contribution in [1.29, 1.82) is 0 Å². The van der Waals surface area contributed by atoms with Crippen molar-refractivity contribution in [2.75, 3.05) is 0 Å². The molecule has 0 bridgehead atoms. The Kier molecular flexibility index (Phi) is 7.58. The highest BCUT2D eigenvalue weighted by atomic mass is 127. The summed E-state index contributed by atoms with van der Waals surface area (Å²) in [5.41, 5.74) is 0.564. The van der Waals surface area contributed by atoms with Crippen LogP contribution in [0.4, 0.5) is 0 Å². The number of carbonyl (C=O) groups excluding carboxylic acids is 1. The van der Waals surface area contributed by atoms with Crippen LogP contribution in [0.15, 0.2) is 78.5 Å². The molecule has 0 spiro atoms. The molecule has 3 aromatic carbocycles. The minimum absolute atomic E-state index is 0.170. The first kappa shape index (κ1) is 24.3. The van der Waals surface area contributed by atoms with Gasteiger partial charge in [-0.15, -0.1) is 0 Å². The van der Waals surface area contributed by atoms with Crippen molar-refractivity contribution in [1.82, 2.24) is 5.32 Å². The van der Waals surface area contributed by atoms with Gasteiger partial charge in [-0.2, -0.15) is 0 Å². The minimum atomic E-state index is -1.20. The Balaban J connectivity index is 1.54. The summed E-state index contributed by atoms with van der Waals surface area (Å²) in [6.45, 7) is 0. The first-order valence-corrected chi connectivity index (χ1v) is 12.4. The molecule has 7 heteroatoms. The van der Waals surface area contributed by atoms with Crippen molar-refractivity contribution in [2.45, 2.75) is 31.1 Å². The molecule has 4 rings (SSSR count). The van der Waals surface area contributed by atoms with E-state index in [-0.39, 0.29) is 11.6 Å². The van der Waals surface area contributed by atoms with E-state index in [4.69, 9.17) is 16.3 Å². The Morgan fingerprint density at radius 3 is 2.24 bits per heavy atom. The standard InChI is InChI=1S/C27H23ClINO4/c28-20-11-9-19(10-12-20)27(15-3-4-16-27)26(33)30-23(25(31)32)17-18-7-13-21(14-8-18)34-24-6-2-1-5-22(24)29/h1-2,5-14,17H,3-4,15-16H2,(H,30,33)(H,31,32)/b23-17+. The van der Waals surface area contributed by atoms with Crippen molar-refractivity contribution in [2.24, 2.45) is 0 Å². The van der Waals surface area contributed by atoms with Gasteiger partial charge in [0.2, 0.25) is 5.91 Å². The van der Waals surface area contributed by atoms with Crippen LogP contribution in [0.25, 0.3) is 6.08 Å². The number of rotatable bonds is 7. The lowest BCUT2D eigenvalue weighted by Crippen LogP contribution is -2.43. The molecular weight excluding hydrogens is 565 g/mol. The molecule has 1 fully saturated rings. The predicted octanol–water partition coefficient (Wildman–Crippen LogP) is 6.79. The maximum Gasteiger partial charge on any atom is 0.352 e. The smallest absolute Gasteiger partial charge is 0.352 e. The molecular formula is C27H23ClINO4. The molecule has 2 N–H and O–H groups in total. The third-order valence-electron chi connectivity index (χ3n) is 6.02.